The summed E-state index contributed by atoms with van der Waals surface area (Å²) < 4.78 is 10.1. The molecule has 0 aromatic rings. The van der Waals surface area contributed by atoms with Crippen LogP contribution in [0, 0.1) is 0 Å². The lowest BCUT2D eigenvalue weighted by atomic mass is 10.1. The Morgan fingerprint density at radius 1 is 1.04 bits per heavy atom. The quantitative estimate of drug-likeness (QED) is 0.407. The van der Waals surface area contributed by atoms with Crippen LogP contribution >= 0.6 is 0 Å². The van der Waals surface area contributed by atoms with Crippen molar-refractivity contribution in [2.75, 3.05) is 6.61 Å². The molecule has 0 saturated carbocycles. The van der Waals surface area contributed by atoms with Crippen molar-refractivity contribution < 1.29 is 29.0 Å². The molecule has 0 heterocycles. The molecule has 146 valence electrons. The molecule has 7 heteroatoms. The number of hydrogen-bond acceptors (Lipinski definition) is 5. The second-order valence-electron chi connectivity index (χ2n) is 7.06. The van der Waals surface area contributed by atoms with Gasteiger partial charge in [0.25, 0.3) is 0 Å². The Labute approximate surface area is 150 Å². The predicted octanol–water partition coefficient (Wildman–Crippen LogP) is 3.65. The molecule has 0 aromatic carbocycles. The maximum Gasteiger partial charge on any atom is 0.408 e. The Hall–Kier alpha value is -1.79. The van der Waals surface area contributed by atoms with Gasteiger partial charge in [-0.15, -0.1) is 0 Å². The summed E-state index contributed by atoms with van der Waals surface area (Å²) in [6.45, 7) is 7.55. The van der Waals surface area contributed by atoms with Gasteiger partial charge in [0.1, 0.15) is 11.6 Å². The van der Waals surface area contributed by atoms with E-state index in [1.54, 1.807) is 20.8 Å². The average molecular weight is 359 g/mol. The maximum absolute atomic E-state index is 11.7. The molecule has 1 atom stereocenters. The van der Waals surface area contributed by atoms with Crippen LogP contribution in [0.25, 0.3) is 0 Å². The summed E-state index contributed by atoms with van der Waals surface area (Å²) >= 11 is 0. The number of carbonyl (C=O) groups is 3. The number of esters is 1. The number of amides is 1. The zero-order chi connectivity index (χ0) is 19.3. The molecule has 0 saturated heterocycles. The molecule has 1 unspecified atom stereocenters. The smallest absolute Gasteiger partial charge is 0.408 e. The molecule has 25 heavy (non-hydrogen) atoms. The van der Waals surface area contributed by atoms with E-state index in [0.29, 0.717) is 6.61 Å². The molecule has 2 N–H and O–H groups in total. The number of carboxylic acid groups (broad SMARTS) is 1. The molecule has 0 aliphatic rings. The number of hydrogen-bond donors (Lipinski definition) is 2. The van der Waals surface area contributed by atoms with Crippen LogP contribution in [0.3, 0.4) is 0 Å². The Morgan fingerprint density at radius 2 is 1.64 bits per heavy atom. The van der Waals surface area contributed by atoms with E-state index in [1.807, 2.05) is 0 Å². The summed E-state index contributed by atoms with van der Waals surface area (Å²) in [5, 5.41) is 11.4. The van der Waals surface area contributed by atoms with Crippen molar-refractivity contribution in [2.24, 2.45) is 0 Å². The van der Waals surface area contributed by atoms with Crippen molar-refractivity contribution in [1.82, 2.24) is 5.32 Å². The van der Waals surface area contributed by atoms with E-state index in [-0.39, 0.29) is 12.8 Å². The zero-order valence-corrected chi connectivity index (χ0v) is 15.9. The van der Waals surface area contributed by atoms with Crippen molar-refractivity contribution in [3.8, 4) is 0 Å². The third-order valence-electron chi connectivity index (χ3n) is 3.39. The molecule has 0 aromatic heterocycles. The molecule has 7 nitrogen and oxygen atoms in total. The Bertz CT molecular complexity index is 416. The zero-order valence-electron chi connectivity index (χ0n) is 15.9. The molecule has 0 aliphatic carbocycles. The minimum Gasteiger partial charge on any atom is -0.480 e. The van der Waals surface area contributed by atoms with E-state index >= 15 is 0 Å². The second kappa shape index (κ2) is 12.6. The third-order valence-corrected chi connectivity index (χ3v) is 3.39. The number of carbonyl (C=O) groups excluding carboxylic acids is 2. The van der Waals surface area contributed by atoms with Crippen LogP contribution in [-0.2, 0) is 19.1 Å². The fourth-order valence-electron chi connectivity index (χ4n) is 2.11. The molecular formula is C18H33NO6. The van der Waals surface area contributed by atoms with Gasteiger partial charge in [0.15, 0.2) is 0 Å². The number of aliphatic carboxylic acids is 1. The lowest BCUT2D eigenvalue weighted by Gasteiger charge is -2.21. The summed E-state index contributed by atoms with van der Waals surface area (Å²) in [6, 6.07) is -1.18. The number of carboxylic acids is 1. The fourth-order valence-corrected chi connectivity index (χ4v) is 2.11. The number of rotatable bonds is 12. The number of alkyl carbamates (subject to hydrolysis) is 1. The van der Waals surface area contributed by atoms with E-state index in [1.165, 1.54) is 19.3 Å². The van der Waals surface area contributed by atoms with Gasteiger partial charge in [-0.2, -0.15) is 0 Å². The van der Waals surface area contributed by atoms with Crippen LogP contribution in [-0.4, -0.2) is 41.4 Å². The van der Waals surface area contributed by atoms with Crippen LogP contribution in [0.2, 0.25) is 0 Å². The van der Waals surface area contributed by atoms with Crippen molar-refractivity contribution in [3.63, 3.8) is 0 Å². The molecule has 1 amide bonds. The molecule has 0 radical (unpaired) electrons. The monoisotopic (exact) mass is 359 g/mol. The molecular weight excluding hydrogens is 326 g/mol. The molecule has 0 fully saturated rings. The van der Waals surface area contributed by atoms with E-state index in [0.717, 1.165) is 19.3 Å². The van der Waals surface area contributed by atoms with Crippen molar-refractivity contribution >= 4 is 18.0 Å². The van der Waals surface area contributed by atoms with E-state index < -0.39 is 29.7 Å². The van der Waals surface area contributed by atoms with Gasteiger partial charge >= 0.3 is 18.0 Å². The first-order valence-electron chi connectivity index (χ1n) is 9.03. The summed E-state index contributed by atoms with van der Waals surface area (Å²) in [5.74, 6) is -1.67. The molecule has 0 aliphatic heterocycles. The number of nitrogens with one attached hydrogen (secondary N) is 1. The second-order valence-corrected chi connectivity index (χ2v) is 7.06. The van der Waals surface area contributed by atoms with Gasteiger partial charge in [-0.1, -0.05) is 39.0 Å². The van der Waals surface area contributed by atoms with Crippen LogP contribution in [0.15, 0.2) is 0 Å². The number of ether oxygens (including phenoxy) is 2. The highest BCUT2D eigenvalue weighted by Gasteiger charge is 2.24. The topological polar surface area (TPSA) is 102 Å². The Balaban J connectivity index is 4.00. The van der Waals surface area contributed by atoms with E-state index in [4.69, 9.17) is 14.6 Å². The van der Waals surface area contributed by atoms with Crippen molar-refractivity contribution in [2.45, 2.75) is 90.7 Å². The fraction of sp³-hybridized carbons (Fsp3) is 0.833. The lowest BCUT2D eigenvalue weighted by molar-refractivity contribution is -0.144. The summed E-state index contributed by atoms with van der Waals surface area (Å²) in [7, 11) is 0. The standard InChI is InChI=1S/C18H33NO6/c1-5-6-7-8-9-10-13-24-15(20)12-11-14(16(21)22)19-17(23)25-18(2,3)4/h14H,5-13H2,1-4H3,(H,19,23)(H,21,22). The largest absolute Gasteiger partial charge is 0.480 e. The van der Waals surface area contributed by atoms with Crippen LogP contribution in [0.4, 0.5) is 4.79 Å². The van der Waals surface area contributed by atoms with Gasteiger partial charge in [-0.05, 0) is 33.6 Å². The van der Waals surface area contributed by atoms with Crippen molar-refractivity contribution in [3.05, 3.63) is 0 Å². The van der Waals surface area contributed by atoms with Crippen LogP contribution < -0.4 is 5.32 Å². The van der Waals surface area contributed by atoms with E-state index in [9.17, 15) is 14.4 Å². The molecule has 0 bridgehead atoms. The van der Waals surface area contributed by atoms with Crippen LogP contribution in [0.1, 0.15) is 79.1 Å². The Morgan fingerprint density at radius 3 is 2.20 bits per heavy atom. The molecule has 0 spiro atoms. The van der Waals surface area contributed by atoms with Gasteiger partial charge in [0.05, 0.1) is 6.61 Å². The van der Waals surface area contributed by atoms with Crippen LogP contribution in [0.5, 0.6) is 0 Å². The minimum absolute atomic E-state index is 0.0378. The number of unbranched alkanes of at least 4 members (excludes halogenated alkanes) is 5. The first-order chi connectivity index (χ1) is 11.7. The summed E-state index contributed by atoms with van der Waals surface area (Å²) in [6.07, 6.45) is 5.65. The van der Waals surface area contributed by atoms with Gasteiger partial charge in [-0.25, -0.2) is 9.59 Å². The normalized spacial score (nSPS) is 12.3. The highest BCUT2D eigenvalue weighted by Crippen LogP contribution is 2.09. The van der Waals surface area contributed by atoms with Gasteiger partial charge < -0.3 is 19.9 Å². The highest BCUT2D eigenvalue weighted by molar-refractivity contribution is 5.80. The average Bonchev–Trinajstić information content (AvgIpc) is 2.48. The highest BCUT2D eigenvalue weighted by atomic mass is 16.6. The minimum atomic E-state index is -1.21. The van der Waals surface area contributed by atoms with Crippen molar-refractivity contribution in [1.29, 1.82) is 0 Å². The lowest BCUT2D eigenvalue weighted by Crippen LogP contribution is -2.43. The van der Waals surface area contributed by atoms with Gasteiger partial charge in [0.2, 0.25) is 0 Å². The predicted molar refractivity (Wildman–Crippen MR) is 94.4 cm³/mol. The molecule has 0 rings (SSSR count). The summed E-state index contributed by atoms with van der Waals surface area (Å²) in [4.78, 5) is 34.5. The van der Waals surface area contributed by atoms with Gasteiger partial charge in [-0.3, -0.25) is 4.79 Å². The van der Waals surface area contributed by atoms with Gasteiger partial charge in [0, 0.05) is 6.42 Å². The first-order valence-corrected chi connectivity index (χ1v) is 9.03. The van der Waals surface area contributed by atoms with E-state index in [2.05, 4.69) is 12.2 Å². The first kappa shape index (κ1) is 23.2. The third kappa shape index (κ3) is 14.3. The SMILES string of the molecule is CCCCCCCCOC(=O)CCC(NC(=O)OC(C)(C)C)C(=O)O. The Kier molecular flexibility index (Phi) is 11.7. The maximum atomic E-state index is 11.7. The summed E-state index contributed by atoms with van der Waals surface area (Å²) in [5.41, 5.74) is -0.719.